The van der Waals surface area contributed by atoms with E-state index in [0.717, 1.165) is 34.6 Å². The molecule has 0 aliphatic carbocycles. The van der Waals surface area contributed by atoms with Gasteiger partial charge in [0.25, 0.3) is 5.56 Å². The Hall–Kier alpha value is -2.68. The van der Waals surface area contributed by atoms with E-state index < -0.39 is 0 Å². The monoisotopic (exact) mass is 330 g/mol. The maximum absolute atomic E-state index is 13.3. The molecule has 3 aromatic rings. The van der Waals surface area contributed by atoms with Gasteiger partial charge in [0.1, 0.15) is 5.82 Å². The standard InChI is InChI=1S/C22H22N2O/c1-15(2)12-20-19(13-16-8-4-3-5-9-16)22(25)24-14-17-10-6-7-11-18(17)21(24)23-20/h3-11,15H,12-14H2,1-2H3. The molecule has 0 saturated heterocycles. The van der Waals surface area contributed by atoms with Gasteiger partial charge in [-0.15, -0.1) is 0 Å². The van der Waals surface area contributed by atoms with Crippen LogP contribution in [-0.2, 0) is 19.4 Å². The molecule has 0 bridgehead atoms. The molecule has 126 valence electrons. The number of benzene rings is 2. The SMILES string of the molecule is CC(C)Cc1nc2n(c(=O)c1Cc1ccccc1)Cc1ccccc1-2. The van der Waals surface area contributed by atoms with Crippen molar-refractivity contribution < 1.29 is 0 Å². The van der Waals surface area contributed by atoms with Crippen molar-refractivity contribution in [2.75, 3.05) is 0 Å². The van der Waals surface area contributed by atoms with Crippen LogP contribution in [0.5, 0.6) is 0 Å². The third-order valence-electron chi connectivity index (χ3n) is 4.76. The van der Waals surface area contributed by atoms with Crippen molar-refractivity contribution in [2.24, 2.45) is 5.92 Å². The molecule has 0 amide bonds. The van der Waals surface area contributed by atoms with Crippen LogP contribution in [0.2, 0.25) is 0 Å². The highest BCUT2D eigenvalue weighted by Gasteiger charge is 2.24. The third-order valence-corrected chi connectivity index (χ3v) is 4.76. The highest BCUT2D eigenvalue weighted by atomic mass is 16.1. The van der Waals surface area contributed by atoms with Gasteiger partial charge in [-0.3, -0.25) is 9.36 Å². The van der Waals surface area contributed by atoms with E-state index in [-0.39, 0.29) is 5.56 Å². The van der Waals surface area contributed by atoms with Crippen molar-refractivity contribution in [1.29, 1.82) is 0 Å². The molecular weight excluding hydrogens is 308 g/mol. The first-order valence-electron chi connectivity index (χ1n) is 8.88. The zero-order valence-corrected chi connectivity index (χ0v) is 14.7. The minimum atomic E-state index is 0.112. The summed E-state index contributed by atoms with van der Waals surface area (Å²) in [6, 6.07) is 18.4. The molecule has 25 heavy (non-hydrogen) atoms. The molecule has 0 N–H and O–H groups in total. The maximum atomic E-state index is 13.3. The van der Waals surface area contributed by atoms with Crippen molar-refractivity contribution >= 4 is 0 Å². The Morgan fingerprint density at radius 3 is 2.52 bits per heavy atom. The van der Waals surface area contributed by atoms with Gasteiger partial charge in [-0.2, -0.15) is 0 Å². The van der Waals surface area contributed by atoms with Crippen LogP contribution in [0.25, 0.3) is 11.4 Å². The number of hydrogen-bond donors (Lipinski definition) is 0. The Kier molecular flexibility index (Phi) is 4.00. The highest BCUT2D eigenvalue weighted by Crippen LogP contribution is 2.29. The van der Waals surface area contributed by atoms with E-state index in [1.807, 2.05) is 34.9 Å². The Morgan fingerprint density at radius 2 is 1.76 bits per heavy atom. The van der Waals surface area contributed by atoms with E-state index in [9.17, 15) is 4.79 Å². The second-order valence-electron chi connectivity index (χ2n) is 7.17. The molecule has 3 heteroatoms. The van der Waals surface area contributed by atoms with Gasteiger partial charge in [-0.25, -0.2) is 4.98 Å². The van der Waals surface area contributed by atoms with Crippen LogP contribution in [0, 0.1) is 5.92 Å². The summed E-state index contributed by atoms with van der Waals surface area (Å²) in [5.74, 6) is 1.29. The summed E-state index contributed by atoms with van der Waals surface area (Å²) in [7, 11) is 0. The summed E-state index contributed by atoms with van der Waals surface area (Å²) < 4.78 is 1.84. The van der Waals surface area contributed by atoms with Crippen molar-refractivity contribution in [3.63, 3.8) is 0 Å². The van der Waals surface area contributed by atoms with E-state index in [2.05, 4.69) is 38.1 Å². The summed E-state index contributed by atoms with van der Waals surface area (Å²) in [5, 5.41) is 0. The molecule has 0 atom stereocenters. The summed E-state index contributed by atoms with van der Waals surface area (Å²) in [6.45, 7) is 4.97. The molecule has 0 fully saturated rings. The lowest BCUT2D eigenvalue weighted by Crippen LogP contribution is -2.27. The van der Waals surface area contributed by atoms with Gasteiger partial charge >= 0.3 is 0 Å². The molecular formula is C22H22N2O. The van der Waals surface area contributed by atoms with E-state index in [1.54, 1.807) is 0 Å². The molecule has 0 unspecified atom stereocenters. The van der Waals surface area contributed by atoms with E-state index in [4.69, 9.17) is 4.98 Å². The molecule has 1 aromatic heterocycles. The van der Waals surface area contributed by atoms with Gasteiger partial charge < -0.3 is 0 Å². The molecule has 2 heterocycles. The average molecular weight is 330 g/mol. The Bertz CT molecular complexity index is 971. The fraction of sp³-hybridized carbons (Fsp3) is 0.273. The van der Waals surface area contributed by atoms with Crippen LogP contribution in [0.4, 0.5) is 0 Å². The van der Waals surface area contributed by atoms with Gasteiger partial charge in [-0.1, -0.05) is 68.4 Å². The average Bonchev–Trinajstić information content (AvgIpc) is 2.98. The molecule has 2 aromatic carbocycles. The van der Waals surface area contributed by atoms with Crippen LogP contribution in [0.3, 0.4) is 0 Å². The predicted octanol–water partition coefficient (Wildman–Crippen LogP) is 4.06. The zero-order chi connectivity index (χ0) is 17.4. The van der Waals surface area contributed by atoms with Gasteiger partial charge in [0.2, 0.25) is 0 Å². The minimum absolute atomic E-state index is 0.112. The first kappa shape index (κ1) is 15.8. The first-order valence-corrected chi connectivity index (χ1v) is 8.88. The first-order chi connectivity index (χ1) is 12.1. The smallest absolute Gasteiger partial charge is 0.257 e. The van der Waals surface area contributed by atoms with Gasteiger partial charge in [0.05, 0.1) is 12.2 Å². The van der Waals surface area contributed by atoms with Crippen molar-refractivity contribution in [1.82, 2.24) is 9.55 Å². The summed E-state index contributed by atoms with van der Waals surface area (Å²) >= 11 is 0. The highest BCUT2D eigenvalue weighted by molar-refractivity contribution is 5.65. The molecule has 0 radical (unpaired) electrons. The normalized spacial score (nSPS) is 12.3. The summed E-state index contributed by atoms with van der Waals surface area (Å²) in [6.07, 6.45) is 1.47. The Labute approximate surface area is 148 Å². The molecule has 3 nitrogen and oxygen atoms in total. The Morgan fingerprint density at radius 1 is 1.04 bits per heavy atom. The van der Waals surface area contributed by atoms with Gasteiger partial charge in [0.15, 0.2) is 0 Å². The Balaban J connectivity index is 1.87. The number of aromatic nitrogens is 2. The molecule has 1 aliphatic heterocycles. The van der Waals surface area contributed by atoms with Crippen LogP contribution < -0.4 is 5.56 Å². The van der Waals surface area contributed by atoms with Crippen LogP contribution in [-0.4, -0.2) is 9.55 Å². The predicted molar refractivity (Wildman–Crippen MR) is 101 cm³/mol. The van der Waals surface area contributed by atoms with E-state index in [0.29, 0.717) is 18.9 Å². The van der Waals surface area contributed by atoms with Crippen molar-refractivity contribution in [2.45, 2.75) is 33.2 Å². The molecule has 0 spiro atoms. The van der Waals surface area contributed by atoms with E-state index in [1.165, 1.54) is 5.56 Å². The molecule has 4 rings (SSSR count). The third kappa shape index (κ3) is 2.91. The second kappa shape index (κ2) is 6.32. The lowest BCUT2D eigenvalue weighted by molar-refractivity contribution is 0.621. The zero-order valence-electron chi connectivity index (χ0n) is 14.7. The van der Waals surface area contributed by atoms with Gasteiger partial charge in [0, 0.05) is 17.5 Å². The van der Waals surface area contributed by atoms with Crippen LogP contribution in [0.1, 0.15) is 36.2 Å². The lowest BCUT2D eigenvalue weighted by atomic mass is 9.99. The lowest BCUT2D eigenvalue weighted by Gasteiger charge is -2.14. The summed E-state index contributed by atoms with van der Waals surface area (Å²) in [4.78, 5) is 18.2. The maximum Gasteiger partial charge on any atom is 0.257 e. The minimum Gasteiger partial charge on any atom is -0.288 e. The number of fused-ring (bicyclic) bond motifs is 3. The van der Waals surface area contributed by atoms with Gasteiger partial charge in [-0.05, 0) is 23.5 Å². The second-order valence-corrected chi connectivity index (χ2v) is 7.17. The van der Waals surface area contributed by atoms with Crippen LogP contribution in [0.15, 0.2) is 59.4 Å². The fourth-order valence-corrected chi connectivity index (χ4v) is 3.57. The topological polar surface area (TPSA) is 34.9 Å². The van der Waals surface area contributed by atoms with Crippen LogP contribution >= 0.6 is 0 Å². The molecule has 1 aliphatic rings. The number of nitrogens with zero attached hydrogens (tertiary/aromatic N) is 2. The van der Waals surface area contributed by atoms with Crippen molar-refractivity contribution in [3.05, 3.63) is 87.3 Å². The fourth-order valence-electron chi connectivity index (χ4n) is 3.57. The quantitative estimate of drug-likeness (QED) is 0.565. The molecule has 0 saturated carbocycles. The van der Waals surface area contributed by atoms with E-state index >= 15 is 0 Å². The largest absolute Gasteiger partial charge is 0.288 e. The summed E-state index contributed by atoms with van der Waals surface area (Å²) in [5.41, 5.74) is 5.33. The number of rotatable bonds is 4. The van der Waals surface area contributed by atoms with Crippen molar-refractivity contribution in [3.8, 4) is 11.4 Å². The number of hydrogen-bond acceptors (Lipinski definition) is 2.